The standard InChI is InChI=1S/C12H16N6O2/c1-16-5-9(4-13-16)2-3-17-6-10(7-17)18-8-11(12(19)20)14-15-18/h4-5,8,10H,2-3,6-7H2,1H3,(H,19,20). The Bertz CT molecular complexity index is 613. The number of hydrogen-bond donors (Lipinski definition) is 1. The Morgan fingerprint density at radius 1 is 1.45 bits per heavy atom. The molecule has 0 unspecified atom stereocenters. The Morgan fingerprint density at radius 2 is 2.25 bits per heavy atom. The van der Waals surface area contributed by atoms with Gasteiger partial charge in [0.1, 0.15) is 0 Å². The molecule has 8 nitrogen and oxygen atoms in total. The highest BCUT2D eigenvalue weighted by molar-refractivity contribution is 5.84. The first-order valence-electron chi connectivity index (χ1n) is 6.47. The van der Waals surface area contributed by atoms with E-state index >= 15 is 0 Å². The van der Waals surface area contributed by atoms with Crippen LogP contribution in [0.3, 0.4) is 0 Å². The minimum atomic E-state index is -1.04. The van der Waals surface area contributed by atoms with Gasteiger partial charge in [0, 0.05) is 32.9 Å². The summed E-state index contributed by atoms with van der Waals surface area (Å²) >= 11 is 0. The fourth-order valence-electron chi connectivity index (χ4n) is 2.33. The zero-order chi connectivity index (χ0) is 14.1. The van der Waals surface area contributed by atoms with Gasteiger partial charge in [-0.25, -0.2) is 9.48 Å². The van der Waals surface area contributed by atoms with Gasteiger partial charge in [-0.3, -0.25) is 9.58 Å². The van der Waals surface area contributed by atoms with Crippen molar-refractivity contribution in [3.8, 4) is 0 Å². The maximum Gasteiger partial charge on any atom is 0.358 e. The van der Waals surface area contributed by atoms with Crippen LogP contribution in [0.15, 0.2) is 18.6 Å². The maximum atomic E-state index is 10.7. The molecule has 2 aromatic rings. The first-order chi connectivity index (χ1) is 9.61. The van der Waals surface area contributed by atoms with E-state index in [0.29, 0.717) is 0 Å². The van der Waals surface area contributed by atoms with Crippen LogP contribution in [0.4, 0.5) is 0 Å². The van der Waals surface area contributed by atoms with Crippen LogP contribution in [-0.4, -0.2) is 60.4 Å². The summed E-state index contributed by atoms with van der Waals surface area (Å²) in [6.45, 7) is 2.73. The van der Waals surface area contributed by atoms with E-state index in [1.807, 2.05) is 19.4 Å². The lowest BCUT2D eigenvalue weighted by molar-refractivity contribution is 0.0690. The van der Waals surface area contributed by atoms with Gasteiger partial charge in [-0.1, -0.05) is 5.21 Å². The molecule has 0 aromatic carbocycles. The third-order valence-electron chi connectivity index (χ3n) is 3.52. The van der Waals surface area contributed by atoms with Crippen molar-refractivity contribution in [2.45, 2.75) is 12.5 Å². The highest BCUT2D eigenvalue weighted by Crippen LogP contribution is 2.20. The highest BCUT2D eigenvalue weighted by atomic mass is 16.4. The fraction of sp³-hybridized carbons (Fsp3) is 0.500. The number of likely N-dealkylation sites (tertiary alicyclic amines) is 1. The van der Waals surface area contributed by atoms with Gasteiger partial charge in [0.15, 0.2) is 5.69 Å². The molecule has 0 spiro atoms. The molecule has 1 fully saturated rings. The quantitative estimate of drug-likeness (QED) is 0.814. The van der Waals surface area contributed by atoms with Crippen LogP contribution >= 0.6 is 0 Å². The molecule has 0 radical (unpaired) electrons. The van der Waals surface area contributed by atoms with Crippen molar-refractivity contribution < 1.29 is 9.90 Å². The Morgan fingerprint density at radius 3 is 2.85 bits per heavy atom. The van der Waals surface area contributed by atoms with E-state index < -0.39 is 5.97 Å². The van der Waals surface area contributed by atoms with Gasteiger partial charge in [0.25, 0.3) is 0 Å². The lowest BCUT2D eigenvalue weighted by Crippen LogP contribution is -2.48. The highest BCUT2D eigenvalue weighted by Gasteiger charge is 2.29. The van der Waals surface area contributed by atoms with Gasteiger partial charge < -0.3 is 5.11 Å². The summed E-state index contributed by atoms with van der Waals surface area (Å²) < 4.78 is 3.45. The van der Waals surface area contributed by atoms with Crippen molar-refractivity contribution in [3.63, 3.8) is 0 Å². The number of nitrogens with zero attached hydrogens (tertiary/aromatic N) is 6. The Hall–Kier alpha value is -2.22. The van der Waals surface area contributed by atoms with Crippen LogP contribution in [-0.2, 0) is 13.5 Å². The summed E-state index contributed by atoms with van der Waals surface area (Å²) in [7, 11) is 1.91. The Labute approximate surface area is 115 Å². The summed E-state index contributed by atoms with van der Waals surface area (Å²) in [6.07, 6.45) is 6.37. The summed E-state index contributed by atoms with van der Waals surface area (Å²) in [5, 5.41) is 20.4. The monoisotopic (exact) mass is 276 g/mol. The van der Waals surface area contributed by atoms with Gasteiger partial charge >= 0.3 is 5.97 Å². The second-order valence-electron chi connectivity index (χ2n) is 5.07. The van der Waals surface area contributed by atoms with Crippen LogP contribution in [0.25, 0.3) is 0 Å². The molecule has 0 amide bonds. The van der Waals surface area contributed by atoms with Crippen LogP contribution in [0, 0.1) is 0 Å². The number of aromatic nitrogens is 5. The van der Waals surface area contributed by atoms with Crippen molar-refractivity contribution in [1.29, 1.82) is 0 Å². The average Bonchev–Trinajstić information content (AvgIpc) is 2.96. The molecule has 3 rings (SSSR count). The van der Waals surface area contributed by atoms with Gasteiger partial charge in [-0.05, 0) is 12.0 Å². The van der Waals surface area contributed by atoms with Crippen molar-refractivity contribution in [3.05, 3.63) is 29.8 Å². The second-order valence-corrected chi connectivity index (χ2v) is 5.07. The van der Waals surface area contributed by atoms with Gasteiger partial charge in [-0.15, -0.1) is 5.10 Å². The van der Waals surface area contributed by atoms with Crippen LogP contribution in [0.5, 0.6) is 0 Å². The van der Waals surface area contributed by atoms with Gasteiger partial charge in [0.05, 0.1) is 18.4 Å². The molecular weight excluding hydrogens is 260 g/mol. The summed E-state index contributed by atoms with van der Waals surface area (Å²) in [5.41, 5.74) is 1.23. The molecule has 0 atom stereocenters. The van der Waals surface area contributed by atoms with E-state index in [1.54, 1.807) is 9.36 Å². The van der Waals surface area contributed by atoms with Crippen LogP contribution in [0.1, 0.15) is 22.1 Å². The second kappa shape index (κ2) is 5.04. The minimum absolute atomic E-state index is 0.00110. The summed E-state index contributed by atoms with van der Waals surface area (Å²) in [5.74, 6) is -1.04. The number of carbonyl (C=O) groups is 1. The number of aromatic carboxylic acids is 1. The van der Waals surface area contributed by atoms with Crippen LogP contribution in [0.2, 0.25) is 0 Å². The topological polar surface area (TPSA) is 89.1 Å². The van der Waals surface area contributed by atoms with Crippen molar-refractivity contribution in [2.75, 3.05) is 19.6 Å². The Balaban J connectivity index is 1.47. The molecule has 1 N–H and O–H groups in total. The molecule has 3 heterocycles. The van der Waals surface area contributed by atoms with Crippen molar-refractivity contribution >= 4 is 5.97 Å². The van der Waals surface area contributed by atoms with Crippen LogP contribution < -0.4 is 0 Å². The Kier molecular flexibility index (Phi) is 3.23. The first-order valence-corrected chi connectivity index (χ1v) is 6.47. The molecule has 1 aliphatic heterocycles. The molecule has 0 bridgehead atoms. The average molecular weight is 276 g/mol. The van der Waals surface area contributed by atoms with Gasteiger partial charge in [-0.2, -0.15) is 5.10 Å². The fourth-order valence-corrected chi connectivity index (χ4v) is 2.33. The van der Waals surface area contributed by atoms with E-state index in [9.17, 15) is 4.79 Å². The molecule has 0 saturated carbocycles. The number of carboxylic acids is 1. The molecule has 106 valence electrons. The molecule has 0 aliphatic carbocycles. The summed E-state index contributed by atoms with van der Waals surface area (Å²) in [6, 6.07) is 0.226. The lowest BCUT2D eigenvalue weighted by atomic mass is 10.1. The third kappa shape index (κ3) is 2.55. The number of rotatable bonds is 5. The predicted octanol–water partition coefficient (Wildman–Crippen LogP) is -0.191. The molecule has 8 heteroatoms. The van der Waals surface area contributed by atoms with E-state index in [0.717, 1.165) is 26.1 Å². The molecule has 20 heavy (non-hydrogen) atoms. The predicted molar refractivity (Wildman–Crippen MR) is 69.4 cm³/mol. The molecule has 1 saturated heterocycles. The first kappa shape index (κ1) is 12.8. The normalized spacial score (nSPS) is 16.2. The maximum absolute atomic E-state index is 10.7. The lowest BCUT2D eigenvalue weighted by Gasteiger charge is -2.38. The number of carboxylic acid groups (broad SMARTS) is 1. The van der Waals surface area contributed by atoms with E-state index in [4.69, 9.17) is 5.11 Å². The smallest absolute Gasteiger partial charge is 0.358 e. The zero-order valence-electron chi connectivity index (χ0n) is 11.2. The number of aryl methyl sites for hydroxylation is 1. The van der Waals surface area contributed by atoms with E-state index in [-0.39, 0.29) is 11.7 Å². The van der Waals surface area contributed by atoms with E-state index in [1.165, 1.54) is 11.8 Å². The SMILES string of the molecule is Cn1cc(CCN2CC(n3cc(C(=O)O)nn3)C2)cn1. The zero-order valence-corrected chi connectivity index (χ0v) is 11.2. The molecular formula is C12H16N6O2. The van der Waals surface area contributed by atoms with Crippen molar-refractivity contribution in [1.82, 2.24) is 29.7 Å². The van der Waals surface area contributed by atoms with Gasteiger partial charge in [0.2, 0.25) is 0 Å². The third-order valence-corrected chi connectivity index (χ3v) is 3.52. The minimum Gasteiger partial charge on any atom is -0.476 e. The summed E-state index contributed by atoms with van der Waals surface area (Å²) in [4.78, 5) is 13.0. The van der Waals surface area contributed by atoms with E-state index in [2.05, 4.69) is 20.3 Å². The van der Waals surface area contributed by atoms with Crippen molar-refractivity contribution in [2.24, 2.45) is 7.05 Å². The molecule has 2 aromatic heterocycles. The number of hydrogen-bond acceptors (Lipinski definition) is 5. The molecule has 1 aliphatic rings. The largest absolute Gasteiger partial charge is 0.476 e.